The lowest BCUT2D eigenvalue weighted by molar-refractivity contribution is -0.115. The minimum absolute atomic E-state index is 0.103. The molecule has 1 N–H and O–H groups in total. The zero-order chi connectivity index (χ0) is 15.2. The van der Waals surface area contributed by atoms with E-state index in [0.29, 0.717) is 23.8 Å². The molecule has 0 aliphatic rings. The topological polar surface area (TPSA) is 55.1 Å². The molecule has 0 radical (unpaired) electrons. The van der Waals surface area contributed by atoms with Crippen molar-refractivity contribution in [3.63, 3.8) is 0 Å². The number of carbonyl (C=O) groups excluding carboxylic acids is 1. The Morgan fingerprint density at radius 1 is 1.48 bits per heavy atom. The number of rotatable bonds is 6. The number of aromatic nitrogens is 1. The number of hydrogen-bond acceptors (Lipinski definition) is 4. The highest BCUT2D eigenvalue weighted by molar-refractivity contribution is 9.10. The van der Waals surface area contributed by atoms with Crippen molar-refractivity contribution in [2.75, 3.05) is 11.1 Å². The Bertz CT molecular complexity index is 633. The Kier molecular flexibility index (Phi) is 5.81. The average Bonchev–Trinajstić information content (AvgIpc) is 2.82. The second-order valence-electron chi connectivity index (χ2n) is 4.41. The molecule has 112 valence electrons. The SMILES string of the molecule is Cc1cc(NC(=O)CCSCc2ccc(F)cc2Br)no1. The number of amides is 1. The third kappa shape index (κ3) is 5.17. The highest BCUT2D eigenvalue weighted by Gasteiger charge is 2.07. The molecule has 0 fully saturated rings. The van der Waals surface area contributed by atoms with E-state index >= 15 is 0 Å². The van der Waals surface area contributed by atoms with Crippen molar-refractivity contribution in [1.29, 1.82) is 0 Å². The maximum atomic E-state index is 12.9. The smallest absolute Gasteiger partial charge is 0.226 e. The van der Waals surface area contributed by atoms with Crippen LogP contribution in [0.15, 0.2) is 33.3 Å². The van der Waals surface area contributed by atoms with Gasteiger partial charge in [-0.05, 0) is 24.6 Å². The van der Waals surface area contributed by atoms with Crippen LogP contribution in [0.3, 0.4) is 0 Å². The summed E-state index contributed by atoms with van der Waals surface area (Å²) in [6, 6.07) is 6.28. The fraction of sp³-hybridized carbons (Fsp3) is 0.286. The summed E-state index contributed by atoms with van der Waals surface area (Å²) in [6.45, 7) is 1.76. The first-order valence-corrected chi connectivity index (χ1v) is 8.24. The summed E-state index contributed by atoms with van der Waals surface area (Å²) in [5.74, 6) is 2.11. The molecule has 21 heavy (non-hydrogen) atoms. The molecule has 1 aromatic heterocycles. The van der Waals surface area contributed by atoms with Crippen LogP contribution < -0.4 is 5.32 Å². The molecule has 0 aliphatic carbocycles. The quantitative estimate of drug-likeness (QED) is 0.773. The van der Waals surface area contributed by atoms with Crippen LogP contribution >= 0.6 is 27.7 Å². The van der Waals surface area contributed by atoms with Crippen LogP contribution in [-0.4, -0.2) is 16.8 Å². The molecule has 0 saturated heterocycles. The molecule has 1 heterocycles. The summed E-state index contributed by atoms with van der Waals surface area (Å²) < 4.78 is 18.6. The normalized spacial score (nSPS) is 10.6. The van der Waals surface area contributed by atoms with Crippen LogP contribution in [0.25, 0.3) is 0 Å². The number of nitrogens with one attached hydrogen (secondary N) is 1. The Morgan fingerprint density at radius 2 is 2.29 bits per heavy atom. The van der Waals surface area contributed by atoms with E-state index in [0.717, 1.165) is 15.8 Å². The number of anilines is 1. The van der Waals surface area contributed by atoms with Crippen molar-refractivity contribution in [3.05, 3.63) is 45.9 Å². The molecule has 0 saturated carbocycles. The van der Waals surface area contributed by atoms with Gasteiger partial charge in [0.25, 0.3) is 0 Å². The van der Waals surface area contributed by atoms with E-state index in [2.05, 4.69) is 26.4 Å². The van der Waals surface area contributed by atoms with Crippen molar-refractivity contribution >= 4 is 39.4 Å². The summed E-state index contributed by atoms with van der Waals surface area (Å²) >= 11 is 4.94. The Morgan fingerprint density at radius 3 is 2.95 bits per heavy atom. The number of carbonyl (C=O) groups is 1. The van der Waals surface area contributed by atoms with E-state index in [1.54, 1.807) is 30.8 Å². The second kappa shape index (κ2) is 7.61. The van der Waals surface area contributed by atoms with Gasteiger partial charge in [0.1, 0.15) is 11.6 Å². The lowest BCUT2D eigenvalue weighted by Gasteiger charge is -2.05. The van der Waals surface area contributed by atoms with Gasteiger partial charge in [-0.25, -0.2) is 4.39 Å². The van der Waals surface area contributed by atoms with Crippen molar-refractivity contribution in [2.45, 2.75) is 19.1 Å². The summed E-state index contributed by atoms with van der Waals surface area (Å²) in [5, 5.41) is 6.36. The lowest BCUT2D eigenvalue weighted by atomic mass is 10.2. The van der Waals surface area contributed by atoms with Gasteiger partial charge in [-0.1, -0.05) is 27.2 Å². The van der Waals surface area contributed by atoms with E-state index in [4.69, 9.17) is 4.52 Å². The minimum Gasteiger partial charge on any atom is -0.360 e. The molecule has 4 nitrogen and oxygen atoms in total. The standard InChI is InChI=1S/C14H14BrFN2O2S/c1-9-6-13(18-20-9)17-14(19)4-5-21-8-10-2-3-11(16)7-12(10)15/h2-3,6-7H,4-5,8H2,1H3,(H,17,18,19). The number of halogens is 2. The van der Waals surface area contributed by atoms with E-state index in [1.807, 2.05) is 0 Å². The van der Waals surface area contributed by atoms with E-state index in [9.17, 15) is 9.18 Å². The molecule has 0 unspecified atom stereocenters. The zero-order valence-electron chi connectivity index (χ0n) is 11.4. The summed E-state index contributed by atoms with van der Waals surface area (Å²) in [5.41, 5.74) is 1.01. The maximum absolute atomic E-state index is 12.9. The van der Waals surface area contributed by atoms with E-state index in [1.165, 1.54) is 12.1 Å². The Hall–Kier alpha value is -1.34. The Labute approximate surface area is 134 Å². The van der Waals surface area contributed by atoms with Gasteiger partial charge >= 0.3 is 0 Å². The molecule has 0 spiro atoms. The van der Waals surface area contributed by atoms with Gasteiger partial charge in [-0.3, -0.25) is 4.79 Å². The minimum atomic E-state index is -0.266. The third-order valence-corrected chi connectivity index (χ3v) is 4.39. The maximum Gasteiger partial charge on any atom is 0.226 e. The van der Waals surface area contributed by atoms with Crippen LogP contribution in [0.2, 0.25) is 0 Å². The van der Waals surface area contributed by atoms with Crippen molar-refractivity contribution < 1.29 is 13.7 Å². The van der Waals surface area contributed by atoms with Crippen LogP contribution in [-0.2, 0) is 10.5 Å². The predicted molar refractivity (Wildman–Crippen MR) is 84.7 cm³/mol. The first-order chi connectivity index (χ1) is 10.0. The molecule has 0 aliphatic heterocycles. The molecule has 7 heteroatoms. The van der Waals surface area contributed by atoms with Crippen LogP contribution in [0.4, 0.5) is 10.2 Å². The van der Waals surface area contributed by atoms with E-state index < -0.39 is 0 Å². The molecule has 2 aromatic rings. The monoisotopic (exact) mass is 372 g/mol. The number of nitrogens with zero attached hydrogens (tertiary/aromatic N) is 1. The molecule has 2 rings (SSSR count). The number of thioether (sulfide) groups is 1. The highest BCUT2D eigenvalue weighted by atomic mass is 79.9. The van der Waals surface area contributed by atoms with Gasteiger partial charge in [0, 0.05) is 28.5 Å². The number of benzene rings is 1. The summed E-state index contributed by atoms with van der Waals surface area (Å²) in [7, 11) is 0. The van der Waals surface area contributed by atoms with Gasteiger partial charge in [-0.15, -0.1) is 0 Å². The van der Waals surface area contributed by atoms with Crippen molar-refractivity contribution in [1.82, 2.24) is 5.16 Å². The number of aryl methyl sites for hydroxylation is 1. The van der Waals surface area contributed by atoms with Gasteiger partial charge < -0.3 is 9.84 Å². The first-order valence-electron chi connectivity index (χ1n) is 6.29. The predicted octanol–water partition coefficient (Wildman–Crippen LogP) is 4.15. The molecule has 1 aromatic carbocycles. The number of hydrogen-bond donors (Lipinski definition) is 1. The molecule has 1 amide bonds. The van der Waals surface area contributed by atoms with Crippen molar-refractivity contribution in [3.8, 4) is 0 Å². The van der Waals surface area contributed by atoms with Gasteiger partial charge in [-0.2, -0.15) is 11.8 Å². The van der Waals surface area contributed by atoms with Gasteiger partial charge in [0.2, 0.25) is 5.91 Å². The first kappa shape index (κ1) is 16.0. The average molecular weight is 373 g/mol. The summed E-state index contributed by atoms with van der Waals surface area (Å²) in [6.07, 6.45) is 0.384. The highest BCUT2D eigenvalue weighted by Crippen LogP contribution is 2.23. The van der Waals surface area contributed by atoms with Gasteiger partial charge in [0.15, 0.2) is 5.82 Å². The lowest BCUT2D eigenvalue weighted by Crippen LogP contribution is -2.12. The summed E-state index contributed by atoms with van der Waals surface area (Å²) in [4.78, 5) is 11.7. The van der Waals surface area contributed by atoms with Crippen LogP contribution in [0.1, 0.15) is 17.7 Å². The van der Waals surface area contributed by atoms with Crippen LogP contribution in [0, 0.1) is 12.7 Å². The molecular weight excluding hydrogens is 359 g/mol. The fourth-order valence-corrected chi connectivity index (χ4v) is 3.24. The Balaban J connectivity index is 1.70. The van der Waals surface area contributed by atoms with Crippen molar-refractivity contribution in [2.24, 2.45) is 0 Å². The second-order valence-corrected chi connectivity index (χ2v) is 6.37. The van der Waals surface area contributed by atoms with Crippen LogP contribution in [0.5, 0.6) is 0 Å². The van der Waals surface area contributed by atoms with Gasteiger partial charge in [0.05, 0.1) is 0 Å². The molecule has 0 bridgehead atoms. The molecular formula is C14H14BrFN2O2S. The largest absolute Gasteiger partial charge is 0.360 e. The fourth-order valence-electron chi connectivity index (χ4n) is 1.62. The third-order valence-electron chi connectivity index (χ3n) is 2.64. The van der Waals surface area contributed by atoms with E-state index in [-0.39, 0.29) is 11.7 Å². The zero-order valence-corrected chi connectivity index (χ0v) is 13.8. The molecule has 0 atom stereocenters.